The van der Waals surface area contributed by atoms with Crippen molar-refractivity contribution in [3.8, 4) is 11.6 Å². The molecule has 148 valence electrons. The number of aromatic nitrogens is 3. The lowest BCUT2D eigenvalue weighted by Gasteiger charge is -2.12. The number of aryl methyl sites for hydroxylation is 2. The molecule has 4 aromatic rings. The first-order valence-electron chi connectivity index (χ1n) is 9.00. The van der Waals surface area contributed by atoms with Crippen LogP contribution in [0.3, 0.4) is 0 Å². The first kappa shape index (κ1) is 19.7. The van der Waals surface area contributed by atoms with Crippen molar-refractivity contribution in [2.45, 2.75) is 19.0 Å². The number of rotatable bonds is 5. The normalized spacial score (nSPS) is 11.2. The summed E-state index contributed by atoms with van der Waals surface area (Å²) in [6.45, 7) is 3.95. The van der Waals surface area contributed by atoms with Crippen molar-refractivity contribution in [1.29, 1.82) is 0 Å². The van der Waals surface area contributed by atoms with Gasteiger partial charge in [-0.25, -0.2) is 0 Å². The third-order valence-corrected chi connectivity index (χ3v) is 6.05. The van der Waals surface area contributed by atoms with Gasteiger partial charge in [-0.05, 0) is 49.2 Å². The van der Waals surface area contributed by atoms with E-state index < -0.39 is 0 Å². The Bertz CT molecular complexity index is 1160. The quantitative estimate of drug-likeness (QED) is 0.398. The third kappa shape index (κ3) is 4.09. The van der Waals surface area contributed by atoms with Crippen LogP contribution in [-0.2, 0) is 11.8 Å². The number of amides is 1. The summed E-state index contributed by atoms with van der Waals surface area (Å²) in [6.07, 6.45) is 0. The smallest absolute Gasteiger partial charge is 0.234 e. The molecule has 0 unspecified atom stereocenters. The Hall–Kier alpha value is -2.58. The van der Waals surface area contributed by atoms with Gasteiger partial charge in [-0.2, -0.15) is 0 Å². The van der Waals surface area contributed by atoms with Crippen molar-refractivity contribution in [1.82, 2.24) is 14.8 Å². The van der Waals surface area contributed by atoms with Crippen LogP contribution in [0.4, 0.5) is 5.69 Å². The van der Waals surface area contributed by atoms with E-state index in [0.29, 0.717) is 16.7 Å². The van der Waals surface area contributed by atoms with Crippen LogP contribution >= 0.6 is 27.7 Å². The van der Waals surface area contributed by atoms with E-state index in [9.17, 15) is 4.79 Å². The SMILES string of the molecule is Cc1cc(Br)cc(C)c1NC(=O)CSc1nnc(-c2cc3ccccc3o2)n1C. The molecule has 0 aliphatic carbocycles. The Morgan fingerprint density at radius 1 is 1.17 bits per heavy atom. The lowest BCUT2D eigenvalue weighted by molar-refractivity contribution is -0.113. The number of para-hydroxylation sites is 1. The topological polar surface area (TPSA) is 73.0 Å². The number of carbonyl (C=O) groups is 1. The van der Waals surface area contributed by atoms with Crippen LogP contribution in [0.25, 0.3) is 22.6 Å². The highest BCUT2D eigenvalue weighted by molar-refractivity contribution is 9.10. The molecule has 0 saturated carbocycles. The van der Waals surface area contributed by atoms with E-state index in [0.717, 1.165) is 32.3 Å². The zero-order chi connectivity index (χ0) is 20.5. The molecule has 1 amide bonds. The Kier molecular flexibility index (Phi) is 5.47. The van der Waals surface area contributed by atoms with E-state index in [1.54, 1.807) is 0 Å². The average Bonchev–Trinajstić information content (AvgIpc) is 3.26. The zero-order valence-corrected chi connectivity index (χ0v) is 18.6. The summed E-state index contributed by atoms with van der Waals surface area (Å²) in [4.78, 5) is 12.5. The first-order chi connectivity index (χ1) is 13.9. The van der Waals surface area contributed by atoms with Gasteiger partial charge in [-0.1, -0.05) is 45.9 Å². The summed E-state index contributed by atoms with van der Waals surface area (Å²) >= 11 is 4.81. The van der Waals surface area contributed by atoms with Crippen molar-refractivity contribution < 1.29 is 9.21 Å². The minimum Gasteiger partial charge on any atom is -0.453 e. The molecule has 0 radical (unpaired) electrons. The molecular formula is C21H19BrN4O2S. The van der Waals surface area contributed by atoms with E-state index in [1.165, 1.54) is 11.8 Å². The predicted molar refractivity (Wildman–Crippen MR) is 119 cm³/mol. The summed E-state index contributed by atoms with van der Waals surface area (Å²) in [7, 11) is 1.87. The molecule has 4 rings (SSSR count). The van der Waals surface area contributed by atoms with E-state index in [4.69, 9.17) is 4.42 Å². The zero-order valence-electron chi connectivity index (χ0n) is 16.2. The molecule has 29 heavy (non-hydrogen) atoms. The second-order valence-electron chi connectivity index (χ2n) is 6.77. The van der Waals surface area contributed by atoms with Crippen LogP contribution in [0, 0.1) is 13.8 Å². The minimum absolute atomic E-state index is 0.0863. The van der Waals surface area contributed by atoms with Crippen molar-refractivity contribution in [3.05, 3.63) is 58.1 Å². The van der Waals surface area contributed by atoms with Gasteiger partial charge in [0.2, 0.25) is 5.91 Å². The van der Waals surface area contributed by atoms with Gasteiger partial charge in [0.15, 0.2) is 16.7 Å². The Morgan fingerprint density at radius 3 is 2.62 bits per heavy atom. The summed E-state index contributed by atoms with van der Waals surface area (Å²) in [6, 6.07) is 13.7. The first-order valence-corrected chi connectivity index (χ1v) is 10.8. The number of hydrogen-bond acceptors (Lipinski definition) is 5. The van der Waals surface area contributed by atoms with Gasteiger partial charge in [0.1, 0.15) is 5.58 Å². The number of carbonyl (C=O) groups excluding carboxylic acids is 1. The van der Waals surface area contributed by atoms with E-state index in [2.05, 4.69) is 31.4 Å². The molecular weight excluding hydrogens is 452 g/mol. The molecule has 1 N–H and O–H groups in total. The average molecular weight is 471 g/mol. The van der Waals surface area contributed by atoms with E-state index >= 15 is 0 Å². The highest BCUT2D eigenvalue weighted by Crippen LogP contribution is 2.29. The third-order valence-electron chi connectivity index (χ3n) is 4.58. The van der Waals surface area contributed by atoms with Gasteiger partial charge in [-0.15, -0.1) is 10.2 Å². The molecule has 0 bridgehead atoms. The number of nitrogens with one attached hydrogen (secondary N) is 1. The maximum absolute atomic E-state index is 12.5. The number of halogens is 1. The molecule has 0 aliphatic rings. The molecule has 6 nitrogen and oxygen atoms in total. The Balaban J connectivity index is 1.46. The fourth-order valence-corrected chi connectivity index (χ4v) is 4.56. The van der Waals surface area contributed by atoms with E-state index in [-0.39, 0.29) is 11.7 Å². The van der Waals surface area contributed by atoms with Gasteiger partial charge in [0.25, 0.3) is 0 Å². The number of hydrogen-bond donors (Lipinski definition) is 1. The molecule has 0 atom stereocenters. The maximum atomic E-state index is 12.5. The number of benzene rings is 2. The highest BCUT2D eigenvalue weighted by atomic mass is 79.9. The summed E-state index contributed by atoms with van der Waals surface area (Å²) < 4.78 is 8.71. The number of nitrogens with zero attached hydrogens (tertiary/aromatic N) is 3. The van der Waals surface area contributed by atoms with Crippen LogP contribution in [0.1, 0.15) is 11.1 Å². The second kappa shape index (κ2) is 8.04. The fraction of sp³-hybridized carbons (Fsp3) is 0.190. The van der Waals surface area contributed by atoms with Gasteiger partial charge in [-0.3, -0.25) is 4.79 Å². The molecule has 0 aliphatic heterocycles. The minimum atomic E-state index is -0.0863. The summed E-state index contributed by atoms with van der Waals surface area (Å²) in [5.74, 6) is 1.43. The number of thioether (sulfide) groups is 1. The fourth-order valence-electron chi connectivity index (χ4n) is 3.16. The second-order valence-corrected chi connectivity index (χ2v) is 8.62. The number of anilines is 1. The number of fused-ring (bicyclic) bond motifs is 1. The lowest BCUT2D eigenvalue weighted by atomic mass is 10.1. The monoisotopic (exact) mass is 470 g/mol. The standard InChI is InChI=1S/C21H19BrN4O2S/c1-12-8-15(22)9-13(2)19(12)23-18(27)11-29-21-25-24-20(26(21)3)17-10-14-6-4-5-7-16(14)28-17/h4-10H,11H2,1-3H3,(H,23,27). The Morgan fingerprint density at radius 2 is 1.90 bits per heavy atom. The van der Waals surface area contributed by atoms with Crippen molar-refractivity contribution in [3.63, 3.8) is 0 Å². The number of furan rings is 1. The maximum Gasteiger partial charge on any atom is 0.234 e. The lowest BCUT2D eigenvalue weighted by Crippen LogP contribution is -2.16. The van der Waals surface area contributed by atoms with Crippen LogP contribution in [-0.4, -0.2) is 26.4 Å². The van der Waals surface area contributed by atoms with Crippen molar-refractivity contribution in [2.75, 3.05) is 11.1 Å². The largest absolute Gasteiger partial charge is 0.453 e. The van der Waals surface area contributed by atoms with Crippen molar-refractivity contribution >= 4 is 50.3 Å². The van der Waals surface area contributed by atoms with Gasteiger partial charge >= 0.3 is 0 Å². The molecule has 0 saturated heterocycles. The van der Waals surface area contributed by atoms with Crippen molar-refractivity contribution in [2.24, 2.45) is 7.05 Å². The summed E-state index contributed by atoms with van der Waals surface area (Å²) in [5.41, 5.74) is 3.68. The predicted octanol–water partition coefficient (Wildman–Crippen LogP) is 5.34. The Labute approximate surface area is 180 Å². The van der Waals surface area contributed by atoms with Crippen LogP contribution in [0.2, 0.25) is 0 Å². The molecule has 2 aromatic carbocycles. The van der Waals surface area contributed by atoms with Gasteiger partial charge < -0.3 is 14.3 Å². The molecule has 2 aromatic heterocycles. The van der Waals surface area contributed by atoms with Crippen LogP contribution in [0.5, 0.6) is 0 Å². The molecule has 0 spiro atoms. The molecule has 2 heterocycles. The van der Waals surface area contributed by atoms with Crippen LogP contribution < -0.4 is 5.32 Å². The summed E-state index contributed by atoms with van der Waals surface area (Å²) in [5, 5.41) is 13.1. The van der Waals surface area contributed by atoms with Crippen LogP contribution in [0.15, 0.2) is 56.5 Å². The van der Waals surface area contributed by atoms with Gasteiger partial charge in [0.05, 0.1) is 5.75 Å². The van der Waals surface area contributed by atoms with E-state index in [1.807, 2.05) is 67.9 Å². The molecule has 8 heteroatoms. The van der Waals surface area contributed by atoms with Gasteiger partial charge in [0, 0.05) is 22.6 Å². The highest BCUT2D eigenvalue weighted by Gasteiger charge is 2.17. The molecule has 0 fully saturated rings.